The van der Waals surface area contributed by atoms with Crippen molar-refractivity contribution in [1.82, 2.24) is 4.98 Å². The number of anilines is 2. The summed E-state index contributed by atoms with van der Waals surface area (Å²) in [6, 6.07) is 8.88. The minimum absolute atomic E-state index is 0.211. The third-order valence-electron chi connectivity index (χ3n) is 2.36. The Morgan fingerprint density at radius 2 is 1.94 bits per heavy atom. The van der Waals surface area contributed by atoms with Gasteiger partial charge >= 0.3 is 0 Å². The molecule has 0 spiro atoms. The summed E-state index contributed by atoms with van der Waals surface area (Å²) in [6.07, 6.45) is 1.72. The first kappa shape index (κ1) is 10.6. The Kier molecular flexibility index (Phi) is 2.86. The molecule has 0 aliphatic carbocycles. The van der Waals surface area contributed by atoms with Crippen LogP contribution in [-0.4, -0.2) is 4.98 Å². The van der Waals surface area contributed by atoms with E-state index in [1.54, 1.807) is 19.2 Å². The van der Waals surface area contributed by atoms with Crippen molar-refractivity contribution in [3.05, 3.63) is 53.5 Å². The molecule has 0 bridgehead atoms. The van der Waals surface area contributed by atoms with Crippen LogP contribution >= 0.6 is 0 Å². The predicted molar refractivity (Wildman–Crippen MR) is 63.4 cm³/mol. The first-order valence-corrected chi connectivity index (χ1v) is 5.11. The molecule has 0 aliphatic heterocycles. The van der Waals surface area contributed by atoms with Gasteiger partial charge < -0.3 is 5.32 Å². The highest BCUT2D eigenvalue weighted by Gasteiger charge is 2.00. The molecule has 0 aliphatic rings. The van der Waals surface area contributed by atoms with E-state index in [4.69, 9.17) is 0 Å². The van der Waals surface area contributed by atoms with Gasteiger partial charge in [-0.05, 0) is 49.2 Å². The van der Waals surface area contributed by atoms with Gasteiger partial charge in [0.25, 0.3) is 0 Å². The molecule has 82 valence electrons. The molecule has 0 fully saturated rings. The number of aryl methyl sites for hydroxylation is 2. The van der Waals surface area contributed by atoms with Crippen molar-refractivity contribution >= 4 is 11.5 Å². The average Bonchev–Trinajstić information content (AvgIpc) is 2.24. The molecule has 1 heterocycles. The van der Waals surface area contributed by atoms with Crippen molar-refractivity contribution < 1.29 is 4.39 Å². The lowest BCUT2D eigenvalue weighted by molar-refractivity contribution is 0.619. The normalized spacial score (nSPS) is 10.2. The molecule has 0 unspecified atom stereocenters. The van der Waals surface area contributed by atoms with Gasteiger partial charge in [-0.3, -0.25) is 0 Å². The molecule has 0 atom stereocenters. The number of nitrogens with zero attached hydrogens (tertiary/aromatic N) is 1. The highest BCUT2D eigenvalue weighted by molar-refractivity contribution is 5.57. The van der Waals surface area contributed by atoms with Crippen LogP contribution in [-0.2, 0) is 0 Å². The molecular weight excluding hydrogens is 203 g/mol. The van der Waals surface area contributed by atoms with Crippen LogP contribution in [0.5, 0.6) is 0 Å². The number of nitrogens with one attached hydrogen (secondary N) is 1. The van der Waals surface area contributed by atoms with E-state index in [1.807, 2.05) is 25.1 Å². The summed E-state index contributed by atoms with van der Waals surface area (Å²) in [7, 11) is 0. The number of halogens is 1. The van der Waals surface area contributed by atoms with Crippen LogP contribution in [0.25, 0.3) is 0 Å². The van der Waals surface area contributed by atoms with E-state index >= 15 is 0 Å². The smallest absolute Gasteiger partial charge is 0.130 e. The molecule has 0 amide bonds. The first-order valence-electron chi connectivity index (χ1n) is 5.11. The first-order chi connectivity index (χ1) is 7.65. The second-order valence-corrected chi connectivity index (χ2v) is 3.81. The highest BCUT2D eigenvalue weighted by Crippen LogP contribution is 2.18. The summed E-state index contributed by atoms with van der Waals surface area (Å²) >= 11 is 0. The SMILES string of the molecule is Cc1ccnc(Nc2ccc(C)c(F)c2)c1. The van der Waals surface area contributed by atoms with Gasteiger partial charge in [0, 0.05) is 11.9 Å². The van der Waals surface area contributed by atoms with Crippen molar-refractivity contribution in [1.29, 1.82) is 0 Å². The number of hydrogen-bond donors (Lipinski definition) is 1. The molecular formula is C13H13FN2. The summed E-state index contributed by atoms with van der Waals surface area (Å²) in [5, 5.41) is 3.06. The van der Waals surface area contributed by atoms with Crippen LogP contribution in [0.1, 0.15) is 11.1 Å². The Bertz CT molecular complexity index is 509. The number of rotatable bonds is 2. The fourth-order valence-electron chi connectivity index (χ4n) is 1.42. The van der Waals surface area contributed by atoms with E-state index in [1.165, 1.54) is 6.07 Å². The van der Waals surface area contributed by atoms with E-state index < -0.39 is 0 Å². The van der Waals surface area contributed by atoms with Crippen LogP contribution < -0.4 is 5.32 Å². The third-order valence-corrected chi connectivity index (χ3v) is 2.36. The van der Waals surface area contributed by atoms with Crippen molar-refractivity contribution in [2.24, 2.45) is 0 Å². The minimum atomic E-state index is -0.211. The fraction of sp³-hybridized carbons (Fsp3) is 0.154. The zero-order chi connectivity index (χ0) is 11.5. The van der Waals surface area contributed by atoms with Gasteiger partial charge in [0.1, 0.15) is 11.6 Å². The van der Waals surface area contributed by atoms with Crippen LogP contribution in [0.15, 0.2) is 36.5 Å². The van der Waals surface area contributed by atoms with E-state index in [2.05, 4.69) is 10.3 Å². The maximum absolute atomic E-state index is 13.3. The van der Waals surface area contributed by atoms with Gasteiger partial charge in [-0.1, -0.05) is 6.07 Å². The van der Waals surface area contributed by atoms with Gasteiger partial charge in [-0.2, -0.15) is 0 Å². The standard InChI is InChI=1S/C13H13FN2/c1-9-5-6-15-13(7-9)16-11-4-3-10(2)12(14)8-11/h3-8H,1-2H3,(H,15,16). The summed E-state index contributed by atoms with van der Waals surface area (Å²) in [5.41, 5.74) is 2.47. The molecule has 0 saturated heterocycles. The van der Waals surface area contributed by atoms with Crippen molar-refractivity contribution in [3.63, 3.8) is 0 Å². The van der Waals surface area contributed by atoms with E-state index in [0.29, 0.717) is 11.3 Å². The van der Waals surface area contributed by atoms with Crippen LogP contribution in [0, 0.1) is 19.7 Å². The molecule has 2 nitrogen and oxygen atoms in total. The molecule has 2 aromatic rings. The van der Waals surface area contributed by atoms with E-state index in [-0.39, 0.29) is 5.82 Å². The molecule has 0 saturated carbocycles. The number of aromatic nitrogens is 1. The third kappa shape index (κ3) is 2.37. The Labute approximate surface area is 94.2 Å². The van der Waals surface area contributed by atoms with Crippen LogP contribution in [0.3, 0.4) is 0 Å². The topological polar surface area (TPSA) is 24.9 Å². The quantitative estimate of drug-likeness (QED) is 0.829. The molecule has 0 radical (unpaired) electrons. The minimum Gasteiger partial charge on any atom is -0.340 e. The monoisotopic (exact) mass is 216 g/mol. The fourth-order valence-corrected chi connectivity index (χ4v) is 1.42. The zero-order valence-corrected chi connectivity index (χ0v) is 9.29. The average molecular weight is 216 g/mol. The van der Waals surface area contributed by atoms with Gasteiger partial charge in [-0.15, -0.1) is 0 Å². The van der Waals surface area contributed by atoms with Gasteiger partial charge in [0.15, 0.2) is 0 Å². The Morgan fingerprint density at radius 1 is 1.12 bits per heavy atom. The summed E-state index contributed by atoms with van der Waals surface area (Å²) < 4.78 is 13.3. The lowest BCUT2D eigenvalue weighted by Gasteiger charge is -2.06. The largest absolute Gasteiger partial charge is 0.340 e. The second-order valence-electron chi connectivity index (χ2n) is 3.81. The van der Waals surface area contributed by atoms with Crippen LogP contribution in [0.4, 0.5) is 15.9 Å². The molecule has 2 rings (SSSR count). The molecule has 1 N–H and O–H groups in total. The lowest BCUT2D eigenvalue weighted by Crippen LogP contribution is -1.94. The maximum Gasteiger partial charge on any atom is 0.130 e. The van der Waals surface area contributed by atoms with Gasteiger partial charge in [-0.25, -0.2) is 9.37 Å². The number of pyridine rings is 1. The molecule has 1 aromatic carbocycles. The number of hydrogen-bond acceptors (Lipinski definition) is 2. The van der Waals surface area contributed by atoms with E-state index in [9.17, 15) is 4.39 Å². The van der Waals surface area contributed by atoms with Crippen molar-refractivity contribution in [2.75, 3.05) is 5.32 Å². The summed E-state index contributed by atoms with van der Waals surface area (Å²) in [5.74, 6) is 0.515. The lowest BCUT2D eigenvalue weighted by atomic mass is 10.2. The second kappa shape index (κ2) is 4.31. The van der Waals surface area contributed by atoms with E-state index in [0.717, 1.165) is 11.4 Å². The molecule has 3 heteroatoms. The summed E-state index contributed by atoms with van der Waals surface area (Å²) in [6.45, 7) is 3.73. The maximum atomic E-state index is 13.3. The van der Waals surface area contributed by atoms with Crippen molar-refractivity contribution in [3.8, 4) is 0 Å². The Balaban J connectivity index is 2.24. The van der Waals surface area contributed by atoms with Crippen LogP contribution in [0.2, 0.25) is 0 Å². The Morgan fingerprint density at radius 3 is 2.62 bits per heavy atom. The molecule has 1 aromatic heterocycles. The van der Waals surface area contributed by atoms with Gasteiger partial charge in [0.05, 0.1) is 0 Å². The Hall–Kier alpha value is -1.90. The molecule has 16 heavy (non-hydrogen) atoms. The summed E-state index contributed by atoms with van der Waals surface area (Å²) in [4.78, 5) is 4.15. The van der Waals surface area contributed by atoms with Crippen molar-refractivity contribution in [2.45, 2.75) is 13.8 Å². The zero-order valence-electron chi connectivity index (χ0n) is 9.29. The number of benzene rings is 1. The predicted octanol–water partition coefficient (Wildman–Crippen LogP) is 3.58. The van der Waals surface area contributed by atoms with Gasteiger partial charge in [0.2, 0.25) is 0 Å². The highest BCUT2D eigenvalue weighted by atomic mass is 19.1.